The number of unbranched alkanes of at least 4 members (excludes halogenated alkanes) is 6. The van der Waals surface area contributed by atoms with E-state index in [2.05, 4.69) is 13.8 Å². The van der Waals surface area contributed by atoms with Gasteiger partial charge in [0.15, 0.2) is 6.54 Å². The molecule has 0 fully saturated rings. The Morgan fingerprint density at radius 3 is 1.55 bits per heavy atom. The number of rotatable bonds is 17. The van der Waals surface area contributed by atoms with Crippen molar-refractivity contribution in [3.63, 3.8) is 0 Å². The van der Waals surface area contributed by atoms with Crippen molar-refractivity contribution in [3.05, 3.63) is 58.7 Å². The first-order chi connectivity index (χ1) is 18.2. The second kappa shape index (κ2) is 16.3. The normalized spacial score (nSPS) is 12.7. The van der Waals surface area contributed by atoms with Gasteiger partial charge in [-0.3, -0.25) is 4.79 Å². The minimum atomic E-state index is -0.136. The van der Waals surface area contributed by atoms with Crippen LogP contribution in [0.5, 0.6) is 11.5 Å². The Labute approximate surface area is 231 Å². The molecule has 0 saturated carbocycles. The van der Waals surface area contributed by atoms with Gasteiger partial charge < -0.3 is 14.0 Å². The van der Waals surface area contributed by atoms with E-state index in [9.17, 15) is 9.59 Å². The van der Waals surface area contributed by atoms with Gasteiger partial charge in [0.1, 0.15) is 11.5 Å². The van der Waals surface area contributed by atoms with E-state index in [0.717, 1.165) is 78.5 Å². The molecule has 38 heavy (non-hydrogen) atoms. The van der Waals surface area contributed by atoms with Crippen molar-refractivity contribution in [1.29, 1.82) is 0 Å². The molecule has 210 valence electrons. The Bertz CT molecular complexity index is 991. The lowest BCUT2D eigenvalue weighted by Gasteiger charge is -2.37. The number of nitrogens with zero attached hydrogens (tertiary/aromatic N) is 1. The summed E-state index contributed by atoms with van der Waals surface area (Å²) in [6, 6.07) is 11.9. The Morgan fingerprint density at radius 1 is 0.632 bits per heavy atom. The average Bonchev–Trinajstić information content (AvgIpc) is 2.87. The summed E-state index contributed by atoms with van der Waals surface area (Å²) in [7, 11) is 0. The smallest absolute Gasteiger partial charge is 0.367 e. The molecule has 5 heteroatoms. The molecule has 0 aliphatic carbocycles. The molecule has 0 bridgehead atoms. The molecule has 0 amide bonds. The number of para-hydroxylation sites is 2. The topological polar surface area (TPSA) is 52.6 Å². The zero-order chi connectivity index (χ0) is 28.0. The number of carbonyl (C=O) groups excluding carboxylic acids is 2. The summed E-state index contributed by atoms with van der Waals surface area (Å²) in [6.45, 7) is 15.7. The number of carbonyl (C=O) groups is 2. The monoisotopic (exact) mass is 524 g/mol. The van der Waals surface area contributed by atoms with Gasteiger partial charge in [0, 0.05) is 6.42 Å². The molecule has 0 heterocycles. The fourth-order valence-corrected chi connectivity index (χ4v) is 5.28. The lowest BCUT2D eigenvalue weighted by molar-refractivity contribution is -0.919. The number of ether oxygens (including phenoxy) is 2. The van der Waals surface area contributed by atoms with Crippen LogP contribution in [0.4, 0.5) is 0 Å². The highest BCUT2D eigenvalue weighted by Crippen LogP contribution is 2.24. The molecule has 0 saturated heterocycles. The maximum atomic E-state index is 12.9. The second-order valence-corrected chi connectivity index (χ2v) is 10.9. The first kappa shape index (κ1) is 31.6. The third-order valence-corrected chi connectivity index (χ3v) is 7.60. The van der Waals surface area contributed by atoms with Gasteiger partial charge in [-0.05, 0) is 82.6 Å². The first-order valence-electron chi connectivity index (χ1n) is 14.6. The van der Waals surface area contributed by atoms with Gasteiger partial charge in [-0.2, -0.15) is 0 Å². The third-order valence-electron chi connectivity index (χ3n) is 7.60. The number of aryl methyl sites for hydroxylation is 4. The van der Waals surface area contributed by atoms with Gasteiger partial charge >= 0.3 is 11.9 Å². The lowest BCUT2D eigenvalue weighted by atomic mass is 10.1. The largest absolute Gasteiger partial charge is 0.426 e. The number of benzene rings is 2. The summed E-state index contributed by atoms with van der Waals surface area (Å²) in [5.41, 5.74) is 4.01. The molecule has 0 radical (unpaired) electrons. The summed E-state index contributed by atoms with van der Waals surface area (Å²) in [5.74, 6) is 1.15. The van der Waals surface area contributed by atoms with Gasteiger partial charge in [0.25, 0.3) is 0 Å². The van der Waals surface area contributed by atoms with Crippen LogP contribution in [-0.2, 0) is 9.59 Å². The summed E-state index contributed by atoms with van der Waals surface area (Å²) in [6.07, 6.45) is 9.25. The molecule has 1 unspecified atom stereocenters. The van der Waals surface area contributed by atoms with Crippen molar-refractivity contribution < 1.29 is 23.5 Å². The van der Waals surface area contributed by atoms with Crippen molar-refractivity contribution in [3.8, 4) is 11.5 Å². The number of hydrogen-bond acceptors (Lipinski definition) is 4. The van der Waals surface area contributed by atoms with E-state index < -0.39 is 0 Å². The Hall–Kier alpha value is -2.66. The van der Waals surface area contributed by atoms with Crippen LogP contribution in [0.15, 0.2) is 36.4 Å². The molecular weight excluding hydrogens is 474 g/mol. The summed E-state index contributed by atoms with van der Waals surface area (Å²) < 4.78 is 12.2. The first-order valence-corrected chi connectivity index (χ1v) is 14.6. The van der Waals surface area contributed by atoms with Gasteiger partial charge in [-0.1, -0.05) is 69.0 Å². The number of esters is 2. The molecule has 0 N–H and O–H groups in total. The van der Waals surface area contributed by atoms with E-state index in [1.165, 1.54) is 19.3 Å². The molecule has 1 atom stereocenters. The Kier molecular flexibility index (Phi) is 13.6. The minimum absolute atomic E-state index is 0.131. The quantitative estimate of drug-likeness (QED) is 0.0917. The second-order valence-electron chi connectivity index (χ2n) is 10.9. The lowest BCUT2D eigenvalue weighted by Crippen LogP contribution is -2.53. The summed E-state index contributed by atoms with van der Waals surface area (Å²) >= 11 is 0. The highest BCUT2D eigenvalue weighted by Gasteiger charge is 2.29. The summed E-state index contributed by atoms with van der Waals surface area (Å²) in [4.78, 5) is 25.1. The Morgan fingerprint density at radius 2 is 1.08 bits per heavy atom. The van der Waals surface area contributed by atoms with Crippen LogP contribution >= 0.6 is 0 Å². The van der Waals surface area contributed by atoms with Crippen LogP contribution in [-0.4, -0.2) is 42.6 Å². The fraction of sp³-hybridized carbons (Fsp3) is 0.576. The molecule has 0 aromatic heterocycles. The third kappa shape index (κ3) is 10.2. The van der Waals surface area contributed by atoms with E-state index in [1.807, 2.05) is 64.1 Å². The van der Waals surface area contributed by atoms with Crippen LogP contribution in [0.3, 0.4) is 0 Å². The van der Waals surface area contributed by atoms with Crippen LogP contribution in [0.2, 0.25) is 0 Å². The minimum Gasteiger partial charge on any atom is -0.426 e. The van der Waals surface area contributed by atoms with E-state index in [-0.39, 0.29) is 11.9 Å². The van der Waals surface area contributed by atoms with E-state index in [4.69, 9.17) is 9.47 Å². The molecule has 2 aromatic carbocycles. The molecule has 5 nitrogen and oxygen atoms in total. The van der Waals surface area contributed by atoms with Crippen molar-refractivity contribution in [2.45, 2.75) is 99.3 Å². The summed E-state index contributed by atoms with van der Waals surface area (Å²) in [5, 5.41) is 0. The predicted octanol–water partition coefficient (Wildman–Crippen LogP) is 7.80. The van der Waals surface area contributed by atoms with Crippen molar-refractivity contribution in [1.82, 2.24) is 0 Å². The van der Waals surface area contributed by atoms with Crippen LogP contribution in [0, 0.1) is 27.7 Å². The maximum absolute atomic E-state index is 12.9. The zero-order valence-corrected chi connectivity index (χ0v) is 24.7. The van der Waals surface area contributed by atoms with Gasteiger partial charge in [-0.25, -0.2) is 4.79 Å². The van der Waals surface area contributed by atoms with Gasteiger partial charge in [0.05, 0.1) is 19.6 Å². The molecule has 0 aliphatic rings. The van der Waals surface area contributed by atoms with Crippen molar-refractivity contribution in [2.75, 3.05) is 26.2 Å². The molecule has 0 aliphatic heterocycles. The fourth-order valence-electron chi connectivity index (χ4n) is 5.28. The van der Waals surface area contributed by atoms with E-state index in [0.29, 0.717) is 24.5 Å². The number of quaternary nitrogens is 1. The zero-order valence-electron chi connectivity index (χ0n) is 24.7. The molecule has 2 rings (SSSR count). The highest BCUT2D eigenvalue weighted by atomic mass is 16.5. The van der Waals surface area contributed by atoms with Crippen molar-refractivity contribution >= 4 is 11.9 Å². The number of hydrogen-bond donors (Lipinski definition) is 0. The van der Waals surface area contributed by atoms with E-state index >= 15 is 0 Å². The molecule has 0 spiro atoms. The average molecular weight is 525 g/mol. The standard InChI is InChI=1S/C33H50NO4/c1-7-23-34(8-2,25-31(36)38-33-28(5)20-17-21-29(33)6)24-15-13-11-9-10-12-14-22-30(35)37-32-26(3)18-16-19-27(32)4/h16-21H,7-15,22-25H2,1-6H3/q+1. The number of likely N-dealkylation sites (N-methyl/N-ethyl adjacent to an activating group) is 1. The van der Waals surface area contributed by atoms with Gasteiger partial charge in [-0.15, -0.1) is 0 Å². The Balaban J connectivity index is 1.67. The van der Waals surface area contributed by atoms with Crippen LogP contribution < -0.4 is 9.47 Å². The maximum Gasteiger partial charge on any atom is 0.367 e. The van der Waals surface area contributed by atoms with Crippen LogP contribution in [0.1, 0.15) is 93.9 Å². The van der Waals surface area contributed by atoms with Crippen molar-refractivity contribution in [2.24, 2.45) is 0 Å². The predicted molar refractivity (Wildman–Crippen MR) is 156 cm³/mol. The van der Waals surface area contributed by atoms with E-state index in [1.54, 1.807) is 0 Å². The molecule has 2 aromatic rings. The van der Waals surface area contributed by atoms with Gasteiger partial charge in [0.2, 0.25) is 0 Å². The highest BCUT2D eigenvalue weighted by molar-refractivity contribution is 5.74. The SMILES string of the molecule is CCC[N+](CC)(CCCCCCCCCC(=O)Oc1c(C)cccc1C)CC(=O)Oc1c(C)cccc1C. The van der Waals surface area contributed by atoms with Crippen LogP contribution in [0.25, 0.3) is 0 Å². The molecular formula is C33H50NO4+.